The minimum absolute atomic E-state index is 0.0402. The Labute approximate surface area is 157 Å². The van der Waals surface area contributed by atoms with E-state index in [1.54, 1.807) is 12.1 Å². The molecule has 1 heterocycles. The van der Waals surface area contributed by atoms with Crippen LogP contribution in [0.1, 0.15) is 36.8 Å². The maximum absolute atomic E-state index is 13.3. The van der Waals surface area contributed by atoms with Crippen LogP contribution < -0.4 is 0 Å². The van der Waals surface area contributed by atoms with Crippen molar-refractivity contribution in [3.63, 3.8) is 0 Å². The summed E-state index contributed by atoms with van der Waals surface area (Å²) in [4.78, 5) is 26.6. The summed E-state index contributed by atoms with van der Waals surface area (Å²) in [5.41, 5.74) is 0.889. The van der Waals surface area contributed by atoms with Gasteiger partial charge in [0.25, 0.3) is 17.7 Å². The zero-order chi connectivity index (χ0) is 20.4. The average Bonchev–Trinajstić information content (AvgIpc) is 2.65. The van der Waals surface area contributed by atoms with Gasteiger partial charge in [-0.2, -0.15) is 0 Å². The summed E-state index contributed by atoms with van der Waals surface area (Å²) in [5.74, 6) is -4.18. The third-order valence-corrected chi connectivity index (χ3v) is 4.94. The van der Waals surface area contributed by atoms with Gasteiger partial charge in [0.15, 0.2) is 12.2 Å². The first kappa shape index (κ1) is 21.2. The van der Waals surface area contributed by atoms with Crippen LogP contribution in [0.25, 0.3) is 0 Å². The molecule has 2 N–H and O–H groups in total. The summed E-state index contributed by atoms with van der Waals surface area (Å²) in [6.45, 7) is 1.57. The molecule has 0 saturated carbocycles. The van der Waals surface area contributed by atoms with Gasteiger partial charge in [0.05, 0.1) is 0 Å². The van der Waals surface area contributed by atoms with E-state index < -0.39 is 29.9 Å². The molecule has 1 aliphatic heterocycles. The molecule has 2 rings (SSSR count). The van der Waals surface area contributed by atoms with E-state index >= 15 is 0 Å². The maximum atomic E-state index is 13.3. The van der Waals surface area contributed by atoms with Crippen LogP contribution in [0.15, 0.2) is 24.3 Å². The number of aliphatic hydroxyl groups excluding tert-OH is 2. The molecular weight excluding hydrogens is 358 g/mol. The van der Waals surface area contributed by atoms with Crippen molar-refractivity contribution < 1.29 is 28.6 Å². The van der Waals surface area contributed by atoms with Gasteiger partial charge in [-0.15, -0.1) is 0 Å². The molecule has 2 atom stereocenters. The summed E-state index contributed by atoms with van der Waals surface area (Å²) in [6.07, 6.45) is -2.38. The minimum atomic E-state index is -2.88. The number of hydrogen-bond donors (Lipinski definition) is 2. The summed E-state index contributed by atoms with van der Waals surface area (Å²) in [6, 6.07) is 6.20. The number of aliphatic hydroxyl groups is 2. The van der Waals surface area contributed by atoms with Crippen LogP contribution in [0.3, 0.4) is 0 Å². The van der Waals surface area contributed by atoms with Crippen LogP contribution in [0.2, 0.25) is 0 Å². The number of hydrogen-bond acceptors (Lipinski definition) is 4. The minimum Gasteiger partial charge on any atom is -0.380 e. The van der Waals surface area contributed by atoms with Crippen molar-refractivity contribution in [1.82, 2.24) is 9.80 Å². The second kappa shape index (κ2) is 8.31. The van der Waals surface area contributed by atoms with E-state index in [2.05, 4.69) is 0 Å². The number of likely N-dealkylation sites (tertiary alicyclic amines) is 1. The molecule has 2 amide bonds. The molecule has 150 valence electrons. The number of benzene rings is 1. The average molecular weight is 384 g/mol. The van der Waals surface area contributed by atoms with Crippen molar-refractivity contribution in [3.8, 4) is 0 Å². The molecule has 0 bridgehead atoms. The molecule has 8 heteroatoms. The van der Waals surface area contributed by atoms with Crippen LogP contribution in [0.5, 0.6) is 0 Å². The Balaban J connectivity index is 1.94. The van der Waals surface area contributed by atoms with Crippen molar-refractivity contribution in [2.45, 2.75) is 43.8 Å². The van der Waals surface area contributed by atoms with Crippen LogP contribution in [0, 0.1) is 0 Å². The van der Waals surface area contributed by atoms with Gasteiger partial charge < -0.3 is 20.0 Å². The van der Waals surface area contributed by atoms with E-state index in [4.69, 9.17) is 0 Å². The maximum Gasteiger partial charge on any atom is 0.270 e. The molecule has 1 fully saturated rings. The predicted octanol–water partition coefficient (Wildman–Crippen LogP) is 1.31. The molecule has 6 nitrogen and oxygen atoms in total. The van der Waals surface area contributed by atoms with Crippen LogP contribution >= 0.6 is 0 Å². The molecule has 27 heavy (non-hydrogen) atoms. The highest BCUT2D eigenvalue weighted by Gasteiger charge is 2.35. The van der Waals surface area contributed by atoms with E-state index in [9.17, 15) is 28.6 Å². The Morgan fingerprint density at radius 3 is 2.07 bits per heavy atom. The second-order valence-electron chi connectivity index (χ2n) is 7.23. The van der Waals surface area contributed by atoms with Gasteiger partial charge in [0.1, 0.15) is 0 Å². The zero-order valence-electron chi connectivity index (χ0n) is 15.7. The largest absolute Gasteiger partial charge is 0.380 e. The number of carbonyl (C=O) groups excluding carboxylic acids is 2. The highest BCUT2D eigenvalue weighted by molar-refractivity contribution is 5.90. The lowest BCUT2D eigenvalue weighted by Gasteiger charge is -2.34. The highest BCUT2D eigenvalue weighted by atomic mass is 19.3. The number of likely N-dealkylation sites (N-methyl/N-ethyl adjacent to an activating group) is 1. The van der Waals surface area contributed by atoms with Crippen LogP contribution in [0.4, 0.5) is 8.78 Å². The van der Waals surface area contributed by atoms with E-state index in [0.717, 1.165) is 17.4 Å². The summed E-state index contributed by atoms with van der Waals surface area (Å²) in [5, 5.41) is 19.8. The molecule has 0 spiro atoms. The molecular formula is C19H26F2N2O4. The Hall–Kier alpha value is -2.06. The van der Waals surface area contributed by atoms with Crippen LogP contribution in [-0.4, -0.2) is 71.2 Å². The Kier molecular flexibility index (Phi) is 6.54. The van der Waals surface area contributed by atoms with E-state index in [-0.39, 0.29) is 11.5 Å². The number of halogens is 2. The molecule has 1 saturated heterocycles. The van der Waals surface area contributed by atoms with Crippen molar-refractivity contribution in [2.75, 3.05) is 27.2 Å². The van der Waals surface area contributed by atoms with Crippen molar-refractivity contribution >= 4 is 11.8 Å². The van der Waals surface area contributed by atoms with Gasteiger partial charge in [0, 0.05) is 39.7 Å². The lowest BCUT2D eigenvalue weighted by atomic mass is 9.88. The summed E-state index contributed by atoms with van der Waals surface area (Å²) >= 11 is 0. The fraction of sp³-hybridized carbons (Fsp3) is 0.579. The molecule has 1 aromatic rings. The third kappa shape index (κ3) is 5.01. The van der Waals surface area contributed by atoms with Gasteiger partial charge in [-0.05, 0) is 24.3 Å². The molecule has 0 radical (unpaired) electrons. The predicted molar refractivity (Wildman–Crippen MR) is 95.3 cm³/mol. The van der Waals surface area contributed by atoms with Crippen LogP contribution in [-0.2, 0) is 15.5 Å². The number of carbonyl (C=O) groups is 2. The highest BCUT2D eigenvalue weighted by Crippen LogP contribution is 2.32. The number of nitrogens with zero attached hydrogens (tertiary/aromatic N) is 2. The fourth-order valence-corrected chi connectivity index (χ4v) is 3.20. The molecule has 0 unspecified atom stereocenters. The topological polar surface area (TPSA) is 81.1 Å². The Morgan fingerprint density at radius 1 is 1.11 bits per heavy atom. The summed E-state index contributed by atoms with van der Waals surface area (Å²) in [7, 11) is 2.85. The van der Waals surface area contributed by atoms with E-state index in [1.807, 2.05) is 0 Å². The zero-order valence-corrected chi connectivity index (χ0v) is 15.7. The van der Waals surface area contributed by atoms with Gasteiger partial charge in [-0.3, -0.25) is 9.59 Å². The third-order valence-electron chi connectivity index (χ3n) is 4.94. The Morgan fingerprint density at radius 2 is 1.63 bits per heavy atom. The second-order valence-corrected chi connectivity index (χ2v) is 7.23. The van der Waals surface area contributed by atoms with Gasteiger partial charge in [-0.1, -0.05) is 24.3 Å². The first-order chi connectivity index (χ1) is 12.5. The van der Waals surface area contributed by atoms with Crippen molar-refractivity contribution in [2.24, 2.45) is 0 Å². The first-order valence-corrected chi connectivity index (χ1v) is 8.86. The fourth-order valence-electron chi connectivity index (χ4n) is 3.20. The summed E-state index contributed by atoms with van der Waals surface area (Å²) < 4.78 is 26.6. The number of amides is 2. The molecule has 1 aromatic carbocycles. The van der Waals surface area contributed by atoms with Gasteiger partial charge in [-0.25, -0.2) is 8.78 Å². The molecule has 0 aromatic heterocycles. The lowest BCUT2D eigenvalue weighted by molar-refractivity contribution is -0.157. The smallest absolute Gasteiger partial charge is 0.270 e. The lowest BCUT2D eigenvalue weighted by Crippen LogP contribution is -2.51. The monoisotopic (exact) mass is 384 g/mol. The van der Waals surface area contributed by atoms with E-state index in [0.29, 0.717) is 25.9 Å². The Bertz CT molecular complexity index is 665. The quantitative estimate of drug-likeness (QED) is 0.802. The number of piperidine rings is 1. The SMILES string of the molecule is CN(C)C(=O)[C@H](O)[C@@H](O)C(=O)N1CCC(c2ccc(C(C)(F)F)cc2)CC1. The van der Waals surface area contributed by atoms with Crippen molar-refractivity contribution in [3.05, 3.63) is 35.4 Å². The number of rotatable bonds is 5. The molecule has 0 aliphatic carbocycles. The standard InChI is InChI=1S/C19H26F2N2O4/c1-19(20,21)14-6-4-12(5-7-14)13-8-10-23(11-9-13)18(27)16(25)15(24)17(26)22(2)3/h4-7,13,15-16,24-25H,8-11H2,1-3H3/t15-,16-/m1/s1. The van der Waals surface area contributed by atoms with Crippen molar-refractivity contribution in [1.29, 1.82) is 0 Å². The van der Waals surface area contributed by atoms with Gasteiger partial charge >= 0.3 is 0 Å². The van der Waals surface area contributed by atoms with Gasteiger partial charge in [0.2, 0.25) is 0 Å². The number of alkyl halides is 2. The normalized spacial score (nSPS) is 18.1. The molecule has 1 aliphatic rings. The van der Waals surface area contributed by atoms with E-state index in [1.165, 1.54) is 31.1 Å². The first-order valence-electron chi connectivity index (χ1n) is 8.86.